The number of nitrogens with two attached hydrogens (primary N) is 1. The summed E-state index contributed by atoms with van der Waals surface area (Å²) in [6, 6.07) is 28.5. The highest BCUT2D eigenvalue weighted by molar-refractivity contribution is 6.08. The topological polar surface area (TPSA) is 81.2 Å². The van der Waals surface area contributed by atoms with Gasteiger partial charge in [-0.2, -0.15) is 5.10 Å². The number of rotatable bonds is 4. The minimum absolute atomic E-state index is 0.170. The van der Waals surface area contributed by atoms with E-state index >= 15 is 0 Å². The number of para-hydroxylation sites is 2. The molecule has 0 fully saturated rings. The van der Waals surface area contributed by atoms with Crippen molar-refractivity contribution in [3.8, 4) is 16.9 Å². The molecule has 2 heterocycles. The van der Waals surface area contributed by atoms with E-state index < -0.39 is 5.92 Å². The Hall–Kier alpha value is -4.19. The first-order chi connectivity index (χ1) is 16.0. The van der Waals surface area contributed by atoms with E-state index in [0.717, 1.165) is 22.5 Å². The Labute approximate surface area is 192 Å². The Morgan fingerprint density at radius 2 is 1.55 bits per heavy atom. The Morgan fingerprint density at radius 1 is 0.909 bits per heavy atom. The molecule has 0 aliphatic carbocycles. The van der Waals surface area contributed by atoms with Gasteiger partial charge in [-0.25, -0.2) is 4.68 Å². The number of carbonyl (C=O) groups is 2. The summed E-state index contributed by atoms with van der Waals surface area (Å²) >= 11 is 0. The second kappa shape index (κ2) is 8.39. The molecule has 2 amide bonds. The fraction of sp³-hybridized carbons (Fsp3) is 0.148. The number of primary amides is 1. The van der Waals surface area contributed by atoms with Gasteiger partial charge < -0.3 is 10.6 Å². The van der Waals surface area contributed by atoms with Crippen LogP contribution in [0.1, 0.15) is 35.3 Å². The Balaban J connectivity index is 1.64. The molecule has 0 radical (unpaired) electrons. The lowest BCUT2D eigenvalue weighted by atomic mass is 9.85. The van der Waals surface area contributed by atoms with E-state index in [0.29, 0.717) is 17.8 Å². The van der Waals surface area contributed by atoms with E-state index in [-0.39, 0.29) is 17.9 Å². The van der Waals surface area contributed by atoms with Crippen molar-refractivity contribution in [2.24, 2.45) is 5.73 Å². The van der Waals surface area contributed by atoms with Gasteiger partial charge in [0, 0.05) is 17.3 Å². The highest BCUT2D eigenvalue weighted by Crippen LogP contribution is 2.39. The maximum absolute atomic E-state index is 14.0. The zero-order chi connectivity index (χ0) is 22.9. The third-order valence-electron chi connectivity index (χ3n) is 6.15. The highest BCUT2D eigenvalue weighted by atomic mass is 16.2. The number of aromatic nitrogens is 2. The summed E-state index contributed by atoms with van der Waals surface area (Å²) < 4.78 is 1.69. The quantitative estimate of drug-likeness (QED) is 0.510. The number of amides is 2. The van der Waals surface area contributed by atoms with Crippen LogP contribution in [-0.2, 0) is 4.79 Å². The molecule has 1 aliphatic heterocycles. The summed E-state index contributed by atoms with van der Waals surface area (Å²) in [7, 11) is 0. The molecule has 4 aromatic rings. The molecule has 0 unspecified atom stereocenters. The number of anilines is 1. The molecular formula is C27H24N4O2. The average molecular weight is 437 g/mol. The van der Waals surface area contributed by atoms with Gasteiger partial charge in [-0.3, -0.25) is 9.59 Å². The van der Waals surface area contributed by atoms with Crippen LogP contribution >= 0.6 is 0 Å². The number of fused-ring (bicyclic) bond motifs is 1. The number of hydrogen-bond acceptors (Lipinski definition) is 3. The zero-order valence-electron chi connectivity index (χ0n) is 18.3. The summed E-state index contributed by atoms with van der Waals surface area (Å²) in [5.74, 6) is -0.961. The summed E-state index contributed by atoms with van der Waals surface area (Å²) in [5, 5.41) is 4.79. The standard InChI is InChI=1S/C27H24N4O2/c1-18-16-22(26(28)32)21-14-8-9-15-24(21)30(18)27(33)25-17-23(19-10-4-2-5-11-19)29-31(25)20-12-6-3-7-13-20/h2-15,17-18,22H,16H2,1H3,(H2,28,32)/t18-,22+/m0/s1. The van der Waals surface area contributed by atoms with Crippen molar-refractivity contribution in [2.75, 3.05) is 4.90 Å². The number of carbonyl (C=O) groups excluding carboxylic acids is 2. The van der Waals surface area contributed by atoms with Gasteiger partial charge in [0.1, 0.15) is 5.69 Å². The Morgan fingerprint density at radius 3 is 2.24 bits per heavy atom. The van der Waals surface area contributed by atoms with Crippen LogP contribution in [0, 0.1) is 0 Å². The van der Waals surface area contributed by atoms with Gasteiger partial charge in [0.15, 0.2) is 0 Å². The van der Waals surface area contributed by atoms with Crippen LogP contribution in [0.3, 0.4) is 0 Å². The van der Waals surface area contributed by atoms with E-state index in [1.54, 1.807) is 9.58 Å². The molecule has 164 valence electrons. The lowest BCUT2D eigenvalue weighted by molar-refractivity contribution is -0.119. The van der Waals surface area contributed by atoms with Crippen LogP contribution in [0.15, 0.2) is 91.0 Å². The van der Waals surface area contributed by atoms with E-state index in [2.05, 4.69) is 0 Å². The summed E-state index contributed by atoms with van der Waals surface area (Å²) in [6.45, 7) is 1.95. The van der Waals surface area contributed by atoms with Crippen molar-refractivity contribution >= 4 is 17.5 Å². The summed E-state index contributed by atoms with van der Waals surface area (Å²) in [4.78, 5) is 27.9. The first kappa shape index (κ1) is 20.7. The first-order valence-electron chi connectivity index (χ1n) is 11.0. The van der Waals surface area contributed by atoms with E-state index in [4.69, 9.17) is 10.8 Å². The smallest absolute Gasteiger partial charge is 0.277 e. The van der Waals surface area contributed by atoms with Crippen LogP contribution in [0.4, 0.5) is 5.69 Å². The molecule has 1 aliphatic rings. The molecule has 6 nitrogen and oxygen atoms in total. The van der Waals surface area contributed by atoms with E-state index in [1.165, 1.54) is 0 Å². The summed E-state index contributed by atoms with van der Waals surface area (Å²) in [6.07, 6.45) is 0.475. The van der Waals surface area contributed by atoms with Crippen molar-refractivity contribution < 1.29 is 9.59 Å². The van der Waals surface area contributed by atoms with Crippen molar-refractivity contribution in [1.29, 1.82) is 0 Å². The number of hydrogen-bond donors (Lipinski definition) is 1. The third-order valence-corrected chi connectivity index (χ3v) is 6.15. The number of nitrogens with zero attached hydrogens (tertiary/aromatic N) is 3. The van der Waals surface area contributed by atoms with E-state index in [1.807, 2.05) is 97.9 Å². The van der Waals surface area contributed by atoms with Crippen molar-refractivity contribution in [2.45, 2.75) is 25.3 Å². The van der Waals surface area contributed by atoms with Gasteiger partial charge in [-0.1, -0.05) is 66.7 Å². The molecular weight excluding hydrogens is 412 g/mol. The molecule has 0 spiro atoms. The van der Waals surface area contributed by atoms with Gasteiger partial charge in [0.05, 0.1) is 17.3 Å². The van der Waals surface area contributed by atoms with Gasteiger partial charge in [0.25, 0.3) is 5.91 Å². The van der Waals surface area contributed by atoms with Crippen LogP contribution in [0.2, 0.25) is 0 Å². The SMILES string of the molecule is C[C@H]1C[C@@H](C(N)=O)c2ccccc2N1C(=O)c1cc(-c2ccccc2)nn1-c1ccccc1. The first-order valence-corrected chi connectivity index (χ1v) is 11.0. The van der Waals surface area contributed by atoms with Gasteiger partial charge in [0.2, 0.25) is 5.91 Å². The number of benzene rings is 3. The van der Waals surface area contributed by atoms with Gasteiger partial charge in [-0.15, -0.1) is 0 Å². The monoisotopic (exact) mass is 436 g/mol. The molecule has 0 saturated heterocycles. The van der Waals surface area contributed by atoms with Crippen LogP contribution in [0.25, 0.3) is 16.9 Å². The second-order valence-electron chi connectivity index (χ2n) is 8.30. The van der Waals surface area contributed by atoms with Crippen molar-refractivity contribution in [1.82, 2.24) is 9.78 Å². The molecule has 5 rings (SSSR count). The molecule has 6 heteroatoms. The Kier molecular flexibility index (Phi) is 5.26. The minimum Gasteiger partial charge on any atom is -0.369 e. The third kappa shape index (κ3) is 3.69. The maximum Gasteiger partial charge on any atom is 0.277 e. The fourth-order valence-electron chi connectivity index (χ4n) is 4.56. The van der Waals surface area contributed by atoms with Crippen molar-refractivity contribution in [3.63, 3.8) is 0 Å². The van der Waals surface area contributed by atoms with Crippen LogP contribution in [-0.4, -0.2) is 27.6 Å². The minimum atomic E-state index is -0.417. The average Bonchev–Trinajstić information content (AvgIpc) is 3.30. The molecule has 0 bridgehead atoms. The molecule has 33 heavy (non-hydrogen) atoms. The molecule has 1 aromatic heterocycles. The van der Waals surface area contributed by atoms with Crippen LogP contribution in [0.5, 0.6) is 0 Å². The molecule has 2 N–H and O–H groups in total. The zero-order valence-corrected chi connectivity index (χ0v) is 18.3. The largest absolute Gasteiger partial charge is 0.369 e. The highest BCUT2D eigenvalue weighted by Gasteiger charge is 2.37. The predicted octanol–water partition coefficient (Wildman–Crippen LogP) is 4.55. The lowest BCUT2D eigenvalue weighted by Gasteiger charge is -2.38. The molecule has 2 atom stereocenters. The lowest BCUT2D eigenvalue weighted by Crippen LogP contribution is -2.45. The Bertz CT molecular complexity index is 1310. The van der Waals surface area contributed by atoms with Crippen molar-refractivity contribution in [3.05, 3.63) is 102 Å². The van der Waals surface area contributed by atoms with Crippen LogP contribution < -0.4 is 10.6 Å². The molecule has 3 aromatic carbocycles. The summed E-state index contributed by atoms with van der Waals surface area (Å²) in [5.41, 5.74) is 10.1. The second-order valence-corrected chi connectivity index (χ2v) is 8.30. The normalized spacial score (nSPS) is 17.4. The van der Waals surface area contributed by atoms with Gasteiger partial charge >= 0.3 is 0 Å². The predicted molar refractivity (Wildman–Crippen MR) is 128 cm³/mol. The fourth-order valence-corrected chi connectivity index (χ4v) is 4.56. The van der Waals surface area contributed by atoms with E-state index in [9.17, 15) is 9.59 Å². The molecule has 0 saturated carbocycles. The maximum atomic E-state index is 14.0. The van der Waals surface area contributed by atoms with Gasteiger partial charge in [-0.05, 0) is 43.2 Å².